The maximum atomic E-state index is 11.4. The number of pyridine rings is 1. The van der Waals surface area contributed by atoms with Crippen LogP contribution in [-0.4, -0.2) is 39.9 Å². The zero-order valence-electron chi connectivity index (χ0n) is 9.44. The molecular weight excluding hydrogens is 242 g/mol. The Kier molecular flexibility index (Phi) is 3.88. The van der Waals surface area contributed by atoms with Crippen LogP contribution in [0.3, 0.4) is 0 Å². The number of aliphatic hydroxyl groups excluding tert-OH is 2. The minimum absolute atomic E-state index is 0.0222. The molecule has 1 saturated heterocycles. The Balaban J connectivity index is 2.21. The molecule has 0 saturated carbocycles. The molecule has 0 bridgehead atoms. The predicted molar refractivity (Wildman–Crippen MR) is 64.1 cm³/mol. The van der Waals surface area contributed by atoms with Crippen molar-refractivity contribution in [2.45, 2.75) is 29.8 Å². The highest BCUT2D eigenvalue weighted by atomic mass is 32.2. The Morgan fingerprint density at radius 2 is 2.41 bits per heavy atom. The number of thioether (sulfide) groups is 1. The van der Waals surface area contributed by atoms with E-state index in [0.717, 1.165) is 0 Å². The number of rotatable bonds is 3. The fourth-order valence-electron chi connectivity index (χ4n) is 1.87. The molecule has 1 aliphatic heterocycles. The molecule has 0 unspecified atom stereocenters. The summed E-state index contributed by atoms with van der Waals surface area (Å²) in [5.41, 5.74) is -0.0222. The van der Waals surface area contributed by atoms with Crippen LogP contribution in [0.5, 0.6) is 0 Å². The van der Waals surface area contributed by atoms with Gasteiger partial charge in [0.25, 0.3) is 0 Å². The van der Waals surface area contributed by atoms with Crippen LogP contribution in [0.1, 0.15) is 12.6 Å². The molecule has 0 spiro atoms. The highest BCUT2D eigenvalue weighted by Gasteiger charge is 2.33. The van der Waals surface area contributed by atoms with Crippen molar-refractivity contribution in [2.75, 3.05) is 12.9 Å². The first-order valence-electron chi connectivity index (χ1n) is 5.36. The van der Waals surface area contributed by atoms with Gasteiger partial charge in [0, 0.05) is 24.9 Å². The van der Waals surface area contributed by atoms with Crippen LogP contribution in [-0.2, 0) is 4.74 Å². The minimum atomic E-state index is -0.665. The van der Waals surface area contributed by atoms with Gasteiger partial charge in [0.15, 0.2) is 5.43 Å². The lowest BCUT2D eigenvalue weighted by molar-refractivity contribution is -0.0447. The van der Waals surface area contributed by atoms with Gasteiger partial charge < -0.3 is 19.5 Å². The summed E-state index contributed by atoms with van der Waals surface area (Å²) >= 11 is 1.37. The molecule has 1 aliphatic rings. The van der Waals surface area contributed by atoms with Gasteiger partial charge in [-0.05, 0) is 6.26 Å². The monoisotopic (exact) mass is 257 g/mol. The maximum absolute atomic E-state index is 11.4. The average molecular weight is 257 g/mol. The van der Waals surface area contributed by atoms with Crippen molar-refractivity contribution in [3.63, 3.8) is 0 Å². The van der Waals surface area contributed by atoms with Crippen LogP contribution >= 0.6 is 11.8 Å². The number of aromatic nitrogens is 1. The molecule has 0 radical (unpaired) electrons. The Hall–Kier alpha value is -0.820. The summed E-state index contributed by atoms with van der Waals surface area (Å²) in [7, 11) is 0. The van der Waals surface area contributed by atoms with Crippen LogP contribution in [0.2, 0.25) is 0 Å². The SMILES string of the molecule is CSc1cn([C@H]2C[C@H](O)[C@@H](CO)O2)ccc1=O. The molecule has 1 aromatic heterocycles. The van der Waals surface area contributed by atoms with Crippen molar-refractivity contribution in [1.82, 2.24) is 4.57 Å². The second-order valence-electron chi connectivity index (χ2n) is 3.94. The van der Waals surface area contributed by atoms with E-state index in [1.165, 1.54) is 17.8 Å². The van der Waals surface area contributed by atoms with Crippen molar-refractivity contribution >= 4 is 11.8 Å². The largest absolute Gasteiger partial charge is 0.394 e. The summed E-state index contributed by atoms with van der Waals surface area (Å²) < 4.78 is 7.26. The second-order valence-corrected chi connectivity index (χ2v) is 4.79. The van der Waals surface area contributed by atoms with E-state index < -0.39 is 12.2 Å². The smallest absolute Gasteiger partial charge is 0.195 e. The molecule has 2 heterocycles. The molecule has 94 valence electrons. The zero-order chi connectivity index (χ0) is 12.4. The lowest BCUT2D eigenvalue weighted by atomic mass is 10.2. The summed E-state index contributed by atoms with van der Waals surface area (Å²) in [5, 5.41) is 18.6. The topological polar surface area (TPSA) is 71.7 Å². The summed E-state index contributed by atoms with van der Waals surface area (Å²) in [4.78, 5) is 12.1. The third-order valence-corrected chi connectivity index (χ3v) is 3.59. The maximum Gasteiger partial charge on any atom is 0.195 e. The fourth-order valence-corrected chi connectivity index (χ4v) is 2.37. The lowest BCUT2D eigenvalue weighted by Crippen LogP contribution is -2.24. The fraction of sp³-hybridized carbons (Fsp3) is 0.545. The molecule has 1 aromatic rings. The standard InChI is InChI=1S/C11H15NO4S/c1-17-10-5-12(3-2-7(10)14)11-4-8(15)9(6-13)16-11/h2-3,5,8-9,11,13,15H,4,6H2,1H3/t8-,9+,11+/m0/s1. The Morgan fingerprint density at radius 1 is 1.65 bits per heavy atom. The molecular formula is C11H15NO4S. The Bertz CT molecular complexity index is 447. The van der Waals surface area contributed by atoms with E-state index in [1.54, 1.807) is 17.0 Å². The molecule has 2 rings (SSSR count). The van der Waals surface area contributed by atoms with Crippen molar-refractivity contribution in [2.24, 2.45) is 0 Å². The van der Waals surface area contributed by atoms with Gasteiger partial charge in [0.05, 0.1) is 17.6 Å². The molecule has 17 heavy (non-hydrogen) atoms. The van der Waals surface area contributed by atoms with Crippen LogP contribution < -0.4 is 5.43 Å². The predicted octanol–water partition coefficient (Wildman–Crippen LogP) is 0.211. The first kappa shape index (κ1) is 12.6. The summed E-state index contributed by atoms with van der Waals surface area (Å²) in [6.07, 6.45) is 4.07. The molecule has 3 atom stereocenters. The van der Waals surface area contributed by atoms with E-state index in [4.69, 9.17) is 9.84 Å². The van der Waals surface area contributed by atoms with E-state index >= 15 is 0 Å². The molecule has 0 amide bonds. The van der Waals surface area contributed by atoms with Gasteiger partial charge in [-0.15, -0.1) is 11.8 Å². The number of hydrogen-bond donors (Lipinski definition) is 2. The zero-order valence-corrected chi connectivity index (χ0v) is 10.3. The van der Waals surface area contributed by atoms with Gasteiger partial charge in [-0.3, -0.25) is 4.79 Å². The Morgan fingerprint density at radius 3 is 3.00 bits per heavy atom. The highest BCUT2D eigenvalue weighted by molar-refractivity contribution is 7.98. The summed E-state index contributed by atoms with van der Waals surface area (Å²) in [5.74, 6) is 0. The van der Waals surface area contributed by atoms with Gasteiger partial charge in [0.2, 0.25) is 0 Å². The van der Waals surface area contributed by atoms with Gasteiger partial charge in [-0.1, -0.05) is 0 Å². The highest BCUT2D eigenvalue weighted by Crippen LogP contribution is 2.28. The number of nitrogens with zero attached hydrogens (tertiary/aromatic N) is 1. The molecule has 5 nitrogen and oxygen atoms in total. The Labute approximate surface area is 103 Å². The lowest BCUT2D eigenvalue weighted by Gasteiger charge is -2.16. The van der Waals surface area contributed by atoms with Crippen molar-refractivity contribution in [3.8, 4) is 0 Å². The summed E-state index contributed by atoms with van der Waals surface area (Å²) in [6.45, 7) is -0.201. The van der Waals surface area contributed by atoms with Crippen LogP contribution in [0.15, 0.2) is 28.2 Å². The first-order chi connectivity index (χ1) is 8.15. The van der Waals surface area contributed by atoms with Gasteiger partial charge in [-0.2, -0.15) is 0 Å². The van der Waals surface area contributed by atoms with Crippen LogP contribution in [0, 0.1) is 0 Å². The van der Waals surface area contributed by atoms with Crippen LogP contribution in [0.25, 0.3) is 0 Å². The van der Waals surface area contributed by atoms with Crippen molar-refractivity contribution < 1.29 is 14.9 Å². The van der Waals surface area contributed by atoms with Crippen molar-refractivity contribution in [1.29, 1.82) is 0 Å². The van der Waals surface area contributed by atoms with E-state index in [2.05, 4.69) is 0 Å². The van der Waals surface area contributed by atoms with E-state index in [0.29, 0.717) is 11.3 Å². The third kappa shape index (κ3) is 2.55. The number of aliphatic hydroxyl groups is 2. The second kappa shape index (κ2) is 5.22. The minimum Gasteiger partial charge on any atom is -0.394 e. The molecule has 2 N–H and O–H groups in total. The first-order valence-corrected chi connectivity index (χ1v) is 6.58. The van der Waals surface area contributed by atoms with E-state index in [9.17, 15) is 9.90 Å². The average Bonchev–Trinajstić information content (AvgIpc) is 2.71. The van der Waals surface area contributed by atoms with E-state index in [1.807, 2.05) is 6.26 Å². The molecule has 1 fully saturated rings. The van der Waals surface area contributed by atoms with Gasteiger partial charge in [-0.25, -0.2) is 0 Å². The quantitative estimate of drug-likeness (QED) is 0.757. The molecule has 0 aromatic carbocycles. The number of hydrogen-bond acceptors (Lipinski definition) is 5. The normalized spacial score (nSPS) is 28.5. The van der Waals surface area contributed by atoms with Gasteiger partial charge in [0.1, 0.15) is 12.3 Å². The van der Waals surface area contributed by atoms with Crippen molar-refractivity contribution in [3.05, 3.63) is 28.7 Å². The summed E-state index contributed by atoms with van der Waals surface area (Å²) in [6, 6.07) is 1.48. The van der Waals surface area contributed by atoms with Gasteiger partial charge >= 0.3 is 0 Å². The molecule has 0 aliphatic carbocycles. The van der Waals surface area contributed by atoms with E-state index in [-0.39, 0.29) is 18.3 Å². The number of ether oxygens (including phenoxy) is 1. The molecule has 6 heteroatoms. The third-order valence-electron chi connectivity index (χ3n) is 2.84. The van der Waals surface area contributed by atoms with Crippen LogP contribution in [0.4, 0.5) is 0 Å².